The van der Waals surface area contributed by atoms with Crippen molar-refractivity contribution in [1.29, 1.82) is 0 Å². The molecule has 1 aromatic carbocycles. The number of aromatic nitrogens is 3. The summed E-state index contributed by atoms with van der Waals surface area (Å²) in [5, 5.41) is 7.27. The molecule has 1 N–H and O–H groups in total. The first-order chi connectivity index (χ1) is 12.5. The highest BCUT2D eigenvalue weighted by Crippen LogP contribution is 2.38. The number of nitrogens with zero attached hydrogens (tertiary/aromatic N) is 3. The minimum Gasteiger partial charge on any atom is -0.341 e. The van der Waals surface area contributed by atoms with Crippen LogP contribution in [0.3, 0.4) is 0 Å². The molecule has 0 unspecified atom stereocenters. The van der Waals surface area contributed by atoms with Gasteiger partial charge in [0.1, 0.15) is 5.82 Å². The van der Waals surface area contributed by atoms with E-state index in [0.717, 1.165) is 51.0 Å². The van der Waals surface area contributed by atoms with E-state index >= 15 is 0 Å². The van der Waals surface area contributed by atoms with E-state index in [9.17, 15) is 4.79 Å². The van der Waals surface area contributed by atoms with Crippen molar-refractivity contribution >= 4 is 18.1 Å². The Hall–Kier alpha value is -1.95. The van der Waals surface area contributed by atoms with Gasteiger partial charge in [-0.2, -0.15) is 5.10 Å². The highest BCUT2D eigenvalue weighted by Gasteiger charge is 2.41. The number of rotatable bonds is 2. The lowest BCUT2D eigenvalue weighted by molar-refractivity contribution is -0.143. The first-order valence-electron chi connectivity index (χ1n) is 9.45. The van der Waals surface area contributed by atoms with Gasteiger partial charge in [-0.15, -0.1) is 0 Å². The van der Waals surface area contributed by atoms with Crippen LogP contribution in [-0.4, -0.2) is 38.7 Å². The Bertz CT molecular complexity index is 886. The lowest BCUT2D eigenvalue weighted by Gasteiger charge is -2.41. The van der Waals surface area contributed by atoms with Crippen LogP contribution in [0.15, 0.2) is 24.3 Å². The van der Waals surface area contributed by atoms with E-state index in [1.54, 1.807) is 0 Å². The lowest BCUT2D eigenvalue weighted by Crippen LogP contribution is -2.48. The van der Waals surface area contributed by atoms with Gasteiger partial charge >= 0.3 is 0 Å². The van der Waals surface area contributed by atoms with Crippen LogP contribution in [0.1, 0.15) is 49.1 Å². The number of aryl methyl sites for hydroxylation is 1. The summed E-state index contributed by atoms with van der Waals surface area (Å²) in [6.45, 7) is 3.73. The zero-order valence-electron chi connectivity index (χ0n) is 15.5. The Morgan fingerprint density at radius 1 is 1.35 bits per heavy atom. The Morgan fingerprint density at radius 2 is 2.12 bits per heavy atom. The van der Waals surface area contributed by atoms with Gasteiger partial charge in [-0.05, 0) is 55.4 Å². The predicted molar refractivity (Wildman–Crippen MR) is 104 cm³/mol. The molecule has 0 spiro atoms. The number of piperidine rings is 1. The standard InChI is InChI=1S/C20H26N4OS/c1-20(10-9-14-6-3-4-7-15(14)12-20)18(25)24-11-5-8-16(13-24)17-21-22-19(26)23(17)2/h3-4,6-7,16H,5,8-13H2,1-2H3,(H,22,26)/t16-,20+/m1/s1. The minimum absolute atomic E-state index is 0.255. The fraction of sp³-hybridized carbons (Fsp3) is 0.550. The summed E-state index contributed by atoms with van der Waals surface area (Å²) >= 11 is 5.25. The molecule has 4 rings (SSSR count). The summed E-state index contributed by atoms with van der Waals surface area (Å²) < 4.78 is 2.58. The number of carbonyl (C=O) groups excluding carboxylic acids is 1. The Morgan fingerprint density at radius 3 is 2.85 bits per heavy atom. The van der Waals surface area contributed by atoms with Crippen molar-refractivity contribution in [2.75, 3.05) is 13.1 Å². The third kappa shape index (κ3) is 3.00. The average molecular weight is 371 g/mol. The van der Waals surface area contributed by atoms with Gasteiger partial charge in [0.15, 0.2) is 4.77 Å². The van der Waals surface area contributed by atoms with Gasteiger partial charge in [0, 0.05) is 26.1 Å². The molecule has 1 aromatic heterocycles. The Balaban J connectivity index is 1.53. The van der Waals surface area contributed by atoms with Crippen LogP contribution in [0.25, 0.3) is 0 Å². The number of amides is 1. The van der Waals surface area contributed by atoms with E-state index in [0.29, 0.717) is 10.7 Å². The largest absolute Gasteiger partial charge is 0.341 e. The average Bonchev–Trinajstić information content (AvgIpc) is 3.00. The van der Waals surface area contributed by atoms with Crippen molar-refractivity contribution in [3.8, 4) is 0 Å². The van der Waals surface area contributed by atoms with Crippen LogP contribution < -0.4 is 0 Å². The lowest BCUT2D eigenvalue weighted by atomic mass is 9.71. The van der Waals surface area contributed by atoms with Gasteiger partial charge in [-0.25, -0.2) is 0 Å². The van der Waals surface area contributed by atoms with Crippen molar-refractivity contribution in [2.24, 2.45) is 12.5 Å². The smallest absolute Gasteiger partial charge is 0.228 e. The third-order valence-corrected chi connectivity index (χ3v) is 6.51. The highest BCUT2D eigenvalue weighted by atomic mass is 32.1. The van der Waals surface area contributed by atoms with Crippen LogP contribution in [0.2, 0.25) is 0 Å². The van der Waals surface area contributed by atoms with E-state index < -0.39 is 0 Å². The van der Waals surface area contributed by atoms with Crippen molar-refractivity contribution in [3.05, 3.63) is 46.0 Å². The second-order valence-corrected chi connectivity index (χ2v) is 8.43. The first-order valence-corrected chi connectivity index (χ1v) is 9.86. The summed E-state index contributed by atoms with van der Waals surface area (Å²) in [6, 6.07) is 8.54. The number of carbonyl (C=O) groups is 1. The predicted octanol–water partition coefficient (Wildman–Crippen LogP) is 3.38. The molecular formula is C20H26N4OS. The Labute approximate surface area is 159 Å². The van der Waals surface area contributed by atoms with E-state index in [1.807, 2.05) is 11.6 Å². The molecule has 2 aliphatic rings. The number of aromatic amines is 1. The molecule has 5 nitrogen and oxygen atoms in total. The zero-order chi connectivity index (χ0) is 18.3. The van der Waals surface area contributed by atoms with Gasteiger partial charge in [0.05, 0.1) is 5.41 Å². The van der Waals surface area contributed by atoms with Gasteiger partial charge in [0.2, 0.25) is 5.91 Å². The molecule has 138 valence electrons. The number of H-pyrrole nitrogens is 1. The molecule has 26 heavy (non-hydrogen) atoms. The Kier molecular flexibility index (Phi) is 4.47. The molecule has 0 radical (unpaired) electrons. The number of hydrogen-bond donors (Lipinski definition) is 1. The summed E-state index contributed by atoms with van der Waals surface area (Å²) in [4.78, 5) is 15.5. The van der Waals surface area contributed by atoms with E-state index in [-0.39, 0.29) is 11.3 Å². The molecule has 0 saturated carbocycles. The number of benzene rings is 1. The minimum atomic E-state index is -0.298. The third-order valence-electron chi connectivity index (χ3n) is 6.15. The van der Waals surface area contributed by atoms with Gasteiger partial charge in [-0.3, -0.25) is 9.89 Å². The van der Waals surface area contributed by atoms with Crippen LogP contribution >= 0.6 is 12.2 Å². The first kappa shape index (κ1) is 17.5. The van der Waals surface area contributed by atoms with Gasteiger partial charge in [0.25, 0.3) is 0 Å². The van der Waals surface area contributed by atoms with Crippen LogP contribution in [0.4, 0.5) is 0 Å². The van der Waals surface area contributed by atoms with Crippen LogP contribution in [0, 0.1) is 10.2 Å². The number of nitrogens with one attached hydrogen (secondary N) is 1. The summed E-state index contributed by atoms with van der Waals surface area (Å²) in [5.74, 6) is 1.52. The molecular weight excluding hydrogens is 344 g/mol. The van der Waals surface area contributed by atoms with Crippen molar-refractivity contribution < 1.29 is 4.79 Å². The van der Waals surface area contributed by atoms with Crippen molar-refractivity contribution in [3.63, 3.8) is 0 Å². The maximum atomic E-state index is 13.4. The number of likely N-dealkylation sites (tertiary alicyclic amines) is 1. The number of hydrogen-bond acceptors (Lipinski definition) is 3. The van der Waals surface area contributed by atoms with Gasteiger partial charge in [-0.1, -0.05) is 31.2 Å². The molecule has 1 fully saturated rings. The molecule has 1 saturated heterocycles. The zero-order valence-corrected chi connectivity index (χ0v) is 16.3. The second kappa shape index (κ2) is 6.65. The molecule has 6 heteroatoms. The van der Waals surface area contributed by atoms with Crippen molar-refractivity contribution in [1.82, 2.24) is 19.7 Å². The molecule has 1 aliphatic heterocycles. The molecule has 2 heterocycles. The van der Waals surface area contributed by atoms with E-state index in [4.69, 9.17) is 12.2 Å². The molecule has 1 aliphatic carbocycles. The molecule has 2 aromatic rings. The quantitative estimate of drug-likeness (QED) is 0.825. The molecule has 2 atom stereocenters. The maximum absolute atomic E-state index is 13.4. The monoisotopic (exact) mass is 370 g/mol. The SMILES string of the molecule is Cn1c([C@@H]2CCCN(C(=O)[C@@]3(C)CCc4ccccc4C3)C2)n[nH]c1=S. The molecule has 1 amide bonds. The topological polar surface area (TPSA) is 53.9 Å². The maximum Gasteiger partial charge on any atom is 0.228 e. The van der Waals surface area contributed by atoms with Crippen molar-refractivity contribution in [2.45, 2.75) is 44.9 Å². The second-order valence-electron chi connectivity index (χ2n) is 8.04. The number of fused-ring (bicyclic) bond motifs is 1. The summed E-state index contributed by atoms with van der Waals surface area (Å²) in [7, 11) is 1.95. The van der Waals surface area contributed by atoms with E-state index in [2.05, 4.69) is 46.3 Å². The fourth-order valence-corrected chi connectivity index (χ4v) is 4.69. The van der Waals surface area contributed by atoms with Gasteiger partial charge < -0.3 is 9.47 Å². The van der Waals surface area contributed by atoms with E-state index in [1.165, 1.54) is 11.1 Å². The molecule has 0 bridgehead atoms. The highest BCUT2D eigenvalue weighted by molar-refractivity contribution is 7.71. The fourth-order valence-electron chi connectivity index (χ4n) is 4.55. The van der Waals surface area contributed by atoms with Crippen LogP contribution in [-0.2, 0) is 24.7 Å². The summed E-state index contributed by atoms with van der Waals surface area (Å²) in [5.41, 5.74) is 2.43. The normalized spacial score (nSPS) is 25.8. The van der Waals surface area contributed by atoms with Crippen LogP contribution in [0.5, 0.6) is 0 Å². The summed E-state index contributed by atoms with van der Waals surface area (Å²) in [6.07, 6.45) is 4.83.